The molecule has 0 nitrogen and oxygen atoms in total. The van der Waals surface area contributed by atoms with Crippen LogP contribution in [0.25, 0.3) is 76.5 Å². The fourth-order valence-corrected chi connectivity index (χ4v) is 9.39. The SMILES string of the molecule is Cc1cc2c(c3ccccc13)-c1c(cc(-c3cc4c(c5ccccc35)-c3c(ccc5ccccc35)C4(C)C)c3ccccc13)C2(C)C. The summed E-state index contributed by atoms with van der Waals surface area (Å²) in [6, 6.07) is 48.4. The Morgan fingerprint density at radius 1 is 0.340 bits per heavy atom. The normalized spacial score (nSPS) is 15.3. The van der Waals surface area contributed by atoms with Gasteiger partial charge in [-0.1, -0.05) is 143 Å². The van der Waals surface area contributed by atoms with Crippen molar-refractivity contribution < 1.29 is 0 Å². The van der Waals surface area contributed by atoms with Crippen molar-refractivity contribution in [2.24, 2.45) is 0 Å². The van der Waals surface area contributed by atoms with Gasteiger partial charge in [0.15, 0.2) is 0 Å². The van der Waals surface area contributed by atoms with E-state index in [1.165, 1.54) is 104 Å². The van der Waals surface area contributed by atoms with Gasteiger partial charge in [0.05, 0.1) is 0 Å². The fourth-order valence-electron chi connectivity index (χ4n) is 9.39. The van der Waals surface area contributed by atoms with Crippen LogP contribution in [0.5, 0.6) is 0 Å². The number of benzene rings is 8. The fraction of sp³-hybridized carbons (Fsp3) is 0.149. The Balaban J connectivity index is 1.34. The first-order valence-corrected chi connectivity index (χ1v) is 17.0. The van der Waals surface area contributed by atoms with Crippen LogP contribution in [0.4, 0.5) is 0 Å². The molecule has 0 heteroatoms. The van der Waals surface area contributed by atoms with Gasteiger partial charge in [0.1, 0.15) is 0 Å². The molecule has 0 bridgehead atoms. The maximum Gasteiger partial charge on any atom is 0.0159 e. The number of hydrogen-bond donors (Lipinski definition) is 0. The summed E-state index contributed by atoms with van der Waals surface area (Å²) < 4.78 is 0. The topological polar surface area (TPSA) is 0 Å². The largest absolute Gasteiger partial charge is 0.0616 e. The van der Waals surface area contributed by atoms with E-state index in [1.807, 2.05) is 0 Å². The molecule has 8 aromatic rings. The molecule has 0 atom stereocenters. The van der Waals surface area contributed by atoms with Crippen molar-refractivity contribution in [1.29, 1.82) is 0 Å². The Morgan fingerprint density at radius 2 is 0.723 bits per heavy atom. The van der Waals surface area contributed by atoms with Gasteiger partial charge in [-0.25, -0.2) is 0 Å². The maximum absolute atomic E-state index is 2.56. The highest BCUT2D eigenvalue weighted by molar-refractivity contribution is 6.19. The molecule has 2 aliphatic rings. The van der Waals surface area contributed by atoms with E-state index < -0.39 is 0 Å². The van der Waals surface area contributed by atoms with Crippen LogP contribution in [0.1, 0.15) is 55.5 Å². The highest BCUT2D eigenvalue weighted by atomic mass is 14.4. The minimum Gasteiger partial charge on any atom is -0.0616 e. The molecule has 0 saturated heterocycles. The zero-order valence-corrected chi connectivity index (χ0v) is 27.6. The van der Waals surface area contributed by atoms with Gasteiger partial charge in [-0.3, -0.25) is 0 Å². The van der Waals surface area contributed by atoms with E-state index in [0.29, 0.717) is 0 Å². The van der Waals surface area contributed by atoms with E-state index >= 15 is 0 Å². The van der Waals surface area contributed by atoms with Crippen LogP contribution >= 0.6 is 0 Å². The Morgan fingerprint density at radius 3 is 1.28 bits per heavy atom. The summed E-state index contributed by atoms with van der Waals surface area (Å²) in [5, 5.41) is 10.7. The molecule has 10 rings (SSSR count). The molecule has 0 N–H and O–H groups in total. The second-order valence-corrected chi connectivity index (χ2v) is 14.9. The van der Waals surface area contributed by atoms with E-state index in [0.717, 1.165) is 0 Å². The third-order valence-electron chi connectivity index (χ3n) is 11.8. The zero-order chi connectivity index (χ0) is 31.8. The van der Waals surface area contributed by atoms with Gasteiger partial charge in [0.25, 0.3) is 0 Å². The van der Waals surface area contributed by atoms with Crippen LogP contribution < -0.4 is 0 Å². The summed E-state index contributed by atoms with van der Waals surface area (Å²) >= 11 is 0. The lowest BCUT2D eigenvalue weighted by atomic mass is 9.78. The summed E-state index contributed by atoms with van der Waals surface area (Å²) in [6.07, 6.45) is 0. The van der Waals surface area contributed by atoms with E-state index in [2.05, 4.69) is 162 Å². The zero-order valence-electron chi connectivity index (χ0n) is 27.6. The molecule has 8 aromatic carbocycles. The van der Waals surface area contributed by atoms with Crippen molar-refractivity contribution in [3.8, 4) is 33.4 Å². The molecule has 0 fully saturated rings. The molecule has 0 amide bonds. The Labute approximate surface area is 276 Å². The Bertz CT molecular complexity index is 2680. The lowest BCUT2D eigenvalue weighted by Gasteiger charge is -2.25. The lowest BCUT2D eigenvalue weighted by Crippen LogP contribution is -2.16. The summed E-state index contributed by atoms with van der Waals surface area (Å²) in [5.41, 5.74) is 15.1. The molecule has 0 spiro atoms. The number of rotatable bonds is 1. The molecule has 47 heavy (non-hydrogen) atoms. The van der Waals surface area contributed by atoms with Crippen molar-refractivity contribution in [3.63, 3.8) is 0 Å². The minimum absolute atomic E-state index is 0.119. The first-order valence-electron chi connectivity index (χ1n) is 17.0. The average molecular weight is 601 g/mol. The number of aryl methyl sites for hydroxylation is 1. The second kappa shape index (κ2) is 8.99. The molecule has 224 valence electrons. The molecule has 0 saturated carbocycles. The third kappa shape index (κ3) is 3.33. The highest BCUT2D eigenvalue weighted by Gasteiger charge is 2.41. The predicted octanol–water partition coefficient (Wildman–Crippen LogP) is 12.9. The third-order valence-corrected chi connectivity index (χ3v) is 11.8. The predicted molar refractivity (Wildman–Crippen MR) is 202 cm³/mol. The van der Waals surface area contributed by atoms with Crippen LogP contribution in [0.3, 0.4) is 0 Å². The van der Waals surface area contributed by atoms with Gasteiger partial charge in [0.2, 0.25) is 0 Å². The number of fused-ring (bicyclic) bond motifs is 14. The van der Waals surface area contributed by atoms with E-state index in [1.54, 1.807) is 0 Å². The van der Waals surface area contributed by atoms with Gasteiger partial charge in [0, 0.05) is 10.8 Å². The van der Waals surface area contributed by atoms with E-state index in [9.17, 15) is 0 Å². The summed E-state index contributed by atoms with van der Waals surface area (Å²) in [6.45, 7) is 12.0. The highest BCUT2D eigenvalue weighted by Crippen LogP contribution is 2.58. The van der Waals surface area contributed by atoms with E-state index in [4.69, 9.17) is 0 Å². The standard InChI is InChI=1S/C47H36/c1-27-24-39-43(33-19-11-8-15-29(27)33)45-35-21-13-10-18-32(35)37(26-41(45)47(39,4)5)36-25-40-44(34-20-12-9-17-31(34)36)42-30-16-7-6-14-28(30)22-23-38(42)46(40,2)3/h6-26H,1-5H3. The summed E-state index contributed by atoms with van der Waals surface area (Å²) in [7, 11) is 0. The minimum atomic E-state index is -0.126. The van der Waals surface area contributed by atoms with Crippen LogP contribution in [0, 0.1) is 6.92 Å². The molecule has 0 radical (unpaired) electrons. The van der Waals surface area contributed by atoms with Crippen molar-refractivity contribution in [2.75, 3.05) is 0 Å². The first kappa shape index (κ1) is 27.0. The van der Waals surface area contributed by atoms with Gasteiger partial charge in [-0.2, -0.15) is 0 Å². The van der Waals surface area contributed by atoms with Crippen LogP contribution in [-0.2, 0) is 10.8 Å². The summed E-state index contributed by atoms with van der Waals surface area (Å²) in [5.74, 6) is 0. The van der Waals surface area contributed by atoms with Crippen molar-refractivity contribution in [2.45, 2.75) is 45.4 Å². The molecule has 0 heterocycles. The van der Waals surface area contributed by atoms with Gasteiger partial charge in [-0.15, -0.1) is 0 Å². The maximum atomic E-state index is 2.56. The average Bonchev–Trinajstić information content (AvgIpc) is 3.47. The van der Waals surface area contributed by atoms with Crippen molar-refractivity contribution in [3.05, 3.63) is 155 Å². The van der Waals surface area contributed by atoms with Gasteiger partial charge < -0.3 is 0 Å². The monoisotopic (exact) mass is 600 g/mol. The van der Waals surface area contributed by atoms with Crippen LogP contribution in [0.2, 0.25) is 0 Å². The molecule has 0 unspecified atom stereocenters. The molecule has 2 aliphatic carbocycles. The van der Waals surface area contributed by atoms with E-state index in [-0.39, 0.29) is 10.8 Å². The number of hydrogen-bond acceptors (Lipinski definition) is 0. The quantitative estimate of drug-likeness (QED) is 0.176. The van der Waals surface area contributed by atoms with Crippen molar-refractivity contribution in [1.82, 2.24) is 0 Å². The van der Waals surface area contributed by atoms with Crippen LogP contribution in [-0.4, -0.2) is 0 Å². The van der Waals surface area contributed by atoms with Gasteiger partial charge >= 0.3 is 0 Å². The summed E-state index contributed by atoms with van der Waals surface area (Å²) in [4.78, 5) is 0. The van der Waals surface area contributed by atoms with Gasteiger partial charge in [-0.05, 0) is 123 Å². The molecular weight excluding hydrogens is 565 g/mol. The first-order chi connectivity index (χ1) is 22.8. The Kier molecular flexibility index (Phi) is 5.16. The Hall–Kier alpha value is -5.20. The van der Waals surface area contributed by atoms with Crippen molar-refractivity contribution >= 4 is 43.1 Å². The molecule has 0 aliphatic heterocycles. The lowest BCUT2D eigenvalue weighted by molar-refractivity contribution is 0.660. The van der Waals surface area contributed by atoms with Crippen LogP contribution in [0.15, 0.2) is 127 Å². The molecule has 0 aromatic heterocycles. The second-order valence-electron chi connectivity index (χ2n) is 14.9. The smallest absolute Gasteiger partial charge is 0.0159 e. The molecular formula is C47H36.